The average molecular weight is 393 g/mol. The molecule has 0 aromatic heterocycles. The Morgan fingerprint density at radius 1 is 0.857 bits per heavy atom. The number of rotatable bonds is 14. The summed E-state index contributed by atoms with van der Waals surface area (Å²) < 4.78 is 0. The number of hydrogen-bond donors (Lipinski definition) is 4. The van der Waals surface area contributed by atoms with Crippen LogP contribution in [0.2, 0.25) is 0 Å². The van der Waals surface area contributed by atoms with E-state index in [4.69, 9.17) is 11.5 Å². The van der Waals surface area contributed by atoms with E-state index in [0.717, 1.165) is 0 Å². The minimum Gasteiger partial charge on any atom is -0.356 e. The molecule has 0 aromatic rings. The van der Waals surface area contributed by atoms with Crippen molar-refractivity contribution in [3.8, 4) is 12.1 Å². The topological polar surface area (TPSA) is 183 Å². The molecule has 0 aromatic carbocycles. The monoisotopic (exact) mass is 392 g/mol. The lowest BCUT2D eigenvalue weighted by atomic mass is 9.97. The average Bonchev–Trinajstić information content (AvgIpc) is 2.69. The lowest BCUT2D eigenvalue weighted by Crippen LogP contribution is -2.30. The molecule has 156 valence electrons. The first-order chi connectivity index (χ1) is 13.2. The number of amides is 2. The fraction of sp³-hybridized carbons (Fsp3) is 0.778. The fourth-order valence-corrected chi connectivity index (χ4v) is 2.03. The van der Waals surface area contributed by atoms with E-state index in [0.29, 0.717) is 39.0 Å². The summed E-state index contributed by atoms with van der Waals surface area (Å²) in [7, 11) is 0. The molecule has 0 aliphatic carbocycles. The molecule has 0 bridgehead atoms. The van der Waals surface area contributed by atoms with E-state index in [-0.39, 0.29) is 37.5 Å². The van der Waals surface area contributed by atoms with Gasteiger partial charge < -0.3 is 22.1 Å². The van der Waals surface area contributed by atoms with Crippen LogP contribution < -0.4 is 22.1 Å². The van der Waals surface area contributed by atoms with E-state index in [2.05, 4.69) is 20.9 Å². The molecular formula is C18H32N8O2. The Balaban J connectivity index is 4.71. The van der Waals surface area contributed by atoms with Crippen LogP contribution in [0.5, 0.6) is 0 Å². The van der Waals surface area contributed by atoms with E-state index in [9.17, 15) is 20.1 Å². The molecule has 2 unspecified atom stereocenters. The van der Waals surface area contributed by atoms with Crippen LogP contribution in [-0.4, -0.2) is 49.1 Å². The second-order valence-corrected chi connectivity index (χ2v) is 6.96. The molecule has 0 spiro atoms. The number of nitriles is 2. The molecular weight excluding hydrogens is 360 g/mol. The summed E-state index contributed by atoms with van der Waals surface area (Å²) in [6.45, 7) is 5.06. The number of carbonyl (C=O) groups is 2. The van der Waals surface area contributed by atoms with Crippen molar-refractivity contribution in [2.75, 3.05) is 26.2 Å². The predicted octanol–water partition coefficient (Wildman–Crippen LogP) is 0.494. The highest BCUT2D eigenvalue weighted by Gasteiger charge is 2.29. The van der Waals surface area contributed by atoms with Crippen molar-refractivity contribution in [2.45, 2.75) is 63.5 Å². The second-order valence-electron chi connectivity index (χ2n) is 6.96. The molecule has 2 amide bonds. The minimum absolute atomic E-state index is 0.112. The zero-order valence-electron chi connectivity index (χ0n) is 16.8. The number of nitrogens with one attached hydrogen (secondary N) is 2. The lowest BCUT2D eigenvalue weighted by Gasteiger charge is -2.19. The first kappa shape index (κ1) is 25.4. The number of nitrogens with zero attached hydrogens (tertiary/aromatic N) is 4. The van der Waals surface area contributed by atoms with E-state index >= 15 is 0 Å². The molecule has 28 heavy (non-hydrogen) atoms. The number of nitrogens with two attached hydrogens (primary N) is 2. The van der Waals surface area contributed by atoms with Crippen LogP contribution in [0.3, 0.4) is 0 Å². The summed E-state index contributed by atoms with van der Waals surface area (Å²) in [5.41, 5.74) is 8.28. The van der Waals surface area contributed by atoms with Crippen LogP contribution in [0.25, 0.3) is 0 Å². The summed E-state index contributed by atoms with van der Waals surface area (Å²) in [5, 5.41) is 32.3. The molecule has 0 radical (unpaired) electrons. The van der Waals surface area contributed by atoms with Crippen molar-refractivity contribution in [3.63, 3.8) is 0 Å². The third-order valence-corrected chi connectivity index (χ3v) is 4.06. The van der Waals surface area contributed by atoms with Crippen LogP contribution in [0, 0.1) is 22.7 Å². The normalized spacial score (nSPS) is 15.1. The molecule has 0 aliphatic rings. The molecule has 0 aliphatic heterocycles. The van der Waals surface area contributed by atoms with Gasteiger partial charge in [0.15, 0.2) is 11.1 Å². The molecule has 0 heterocycles. The van der Waals surface area contributed by atoms with Gasteiger partial charge in [-0.15, -0.1) is 0 Å². The van der Waals surface area contributed by atoms with Crippen LogP contribution in [0.4, 0.5) is 0 Å². The summed E-state index contributed by atoms with van der Waals surface area (Å²) in [6.07, 6.45) is 1.93. The largest absolute Gasteiger partial charge is 0.356 e. The van der Waals surface area contributed by atoms with Crippen molar-refractivity contribution in [2.24, 2.45) is 21.7 Å². The molecule has 0 fully saturated rings. The maximum atomic E-state index is 11.8. The molecule has 2 atom stereocenters. The number of carbonyl (C=O) groups excluding carboxylic acids is 2. The predicted molar refractivity (Wildman–Crippen MR) is 105 cm³/mol. The van der Waals surface area contributed by atoms with E-state index < -0.39 is 11.1 Å². The molecule has 0 rings (SSSR count). The zero-order chi connectivity index (χ0) is 21.5. The van der Waals surface area contributed by atoms with E-state index in [1.807, 2.05) is 12.1 Å². The fourth-order valence-electron chi connectivity index (χ4n) is 2.03. The van der Waals surface area contributed by atoms with Gasteiger partial charge in [-0.25, -0.2) is 0 Å². The van der Waals surface area contributed by atoms with Gasteiger partial charge in [-0.3, -0.25) is 9.59 Å². The van der Waals surface area contributed by atoms with Crippen molar-refractivity contribution in [1.29, 1.82) is 10.5 Å². The lowest BCUT2D eigenvalue weighted by molar-refractivity contribution is -0.122. The summed E-state index contributed by atoms with van der Waals surface area (Å²) in [4.78, 5) is 23.6. The first-order valence-electron chi connectivity index (χ1n) is 9.44. The third-order valence-electron chi connectivity index (χ3n) is 4.06. The summed E-state index contributed by atoms with van der Waals surface area (Å²) >= 11 is 0. The van der Waals surface area contributed by atoms with Gasteiger partial charge in [0.05, 0.1) is 12.1 Å². The van der Waals surface area contributed by atoms with Gasteiger partial charge in [0, 0.05) is 25.9 Å². The Labute approximate surface area is 166 Å². The number of hydrogen-bond acceptors (Lipinski definition) is 8. The van der Waals surface area contributed by atoms with Crippen molar-refractivity contribution < 1.29 is 9.59 Å². The van der Waals surface area contributed by atoms with Gasteiger partial charge in [0.1, 0.15) is 0 Å². The molecule has 6 N–H and O–H groups in total. The second kappa shape index (κ2) is 13.6. The van der Waals surface area contributed by atoms with Crippen molar-refractivity contribution in [1.82, 2.24) is 10.6 Å². The maximum Gasteiger partial charge on any atom is 0.220 e. The minimum atomic E-state index is -1.23. The van der Waals surface area contributed by atoms with Crippen molar-refractivity contribution >= 4 is 11.8 Å². The van der Waals surface area contributed by atoms with Crippen LogP contribution in [0.15, 0.2) is 10.2 Å². The van der Waals surface area contributed by atoms with Gasteiger partial charge in [0.25, 0.3) is 0 Å². The van der Waals surface area contributed by atoms with Gasteiger partial charge in [0.2, 0.25) is 11.8 Å². The SMILES string of the molecule is CC(C#N)(CCC(=O)NCCCN)N=NC(C)(C#N)CCC(=O)NCCCN. The van der Waals surface area contributed by atoms with E-state index in [1.54, 1.807) is 13.8 Å². The van der Waals surface area contributed by atoms with Gasteiger partial charge in [-0.1, -0.05) is 0 Å². The Kier molecular flexibility index (Phi) is 12.3. The van der Waals surface area contributed by atoms with Crippen molar-refractivity contribution in [3.05, 3.63) is 0 Å². The Morgan fingerprint density at radius 3 is 1.50 bits per heavy atom. The smallest absolute Gasteiger partial charge is 0.220 e. The van der Waals surface area contributed by atoms with Gasteiger partial charge in [-0.2, -0.15) is 20.8 Å². The maximum absolute atomic E-state index is 11.8. The quantitative estimate of drug-likeness (QED) is 0.246. The Bertz CT molecular complexity index is 558. The molecule has 10 nitrogen and oxygen atoms in total. The first-order valence-corrected chi connectivity index (χ1v) is 9.44. The summed E-state index contributed by atoms with van der Waals surface area (Å²) in [5.74, 6) is -0.385. The Morgan fingerprint density at radius 2 is 1.21 bits per heavy atom. The third kappa shape index (κ3) is 11.2. The van der Waals surface area contributed by atoms with Crippen LogP contribution >= 0.6 is 0 Å². The standard InChI is InChI=1S/C18H32N8O2/c1-17(13-21,7-5-15(27)23-11-3-9-19)25-26-18(2,14-22)8-6-16(28)24-12-4-10-20/h3-12,19-20H2,1-2H3,(H,23,27)(H,24,28). The zero-order valence-corrected chi connectivity index (χ0v) is 16.8. The highest BCUT2D eigenvalue weighted by molar-refractivity contribution is 5.76. The van der Waals surface area contributed by atoms with Crippen LogP contribution in [-0.2, 0) is 9.59 Å². The summed E-state index contributed by atoms with van der Waals surface area (Å²) in [6, 6.07) is 4.07. The Hall–Kier alpha value is -2.56. The highest BCUT2D eigenvalue weighted by atomic mass is 16.2. The molecule has 10 heteroatoms. The molecule has 0 saturated carbocycles. The van der Waals surface area contributed by atoms with Gasteiger partial charge in [-0.05, 0) is 52.6 Å². The van der Waals surface area contributed by atoms with Gasteiger partial charge >= 0.3 is 0 Å². The molecule has 0 saturated heterocycles. The highest BCUT2D eigenvalue weighted by Crippen LogP contribution is 2.23. The van der Waals surface area contributed by atoms with Crippen LogP contribution in [0.1, 0.15) is 52.4 Å². The van der Waals surface area contributed by atoms with E-state index in [1.165, 1.54) is 0 Å². The number of azo groups is 1.